The van der Waals surface area contributed by atoms with Gasteiger partial charge in [-0.05, 0) is 25.7 Å². The van der Waals surface area contributed by atoms with Gasteiger partial charge in [0.2, 0.25) is 0 Å². The summed E-state index contributed by atoms with van der Waals surface area (Å²) in [5.74, 6) is 0. The molecule has 0 saturated carbocycles. The highest BCUT2D eigenvalue weighted by atomic mass is 16.5. The molecule has 0 aromatic carbocycles. The minimum atomic E-state index is 0.356. The number of hydrogen-bond donors (Lipinski definition) is 0. The zero-order chi connectivity index (χ0) is 12.9. The van der Waals surface area contributed by atoms with Gasteiger partial charge in [0.05, 0.1) is 12.2 Å². The van der Waals surface area contributed by atoms with Crippen molar-refractivity contribution < 1.29 is 4.74 Å². The number of hydrogen-bond acceptors (Lipinski definition) is 1. The maximum absolute atomic E-state index is 6.19. The van der Waals surface area contributed by atoms with E-state index in [0.717, 1.165) is 25.7 Å². The first-order valence-corrected chi connectivity index (χ1v) is 7.15. The van der Waals surface area contributed by atoms with Crippen molar-refractivity contribution in [3.8, 4) is 0 Å². The molecule has 2 unspecified atom stereocenters. The molecular formula is C16H30O. The summed E-state index contributed by atoms with van der Waals surface area (Å²) >= 11 is 0. The third-order valence-corrected chi connectivity index (χ3v) is 3.00. The van der Waals surface area contributed by atoms with E-state index in [4.69, 9.17) is 4.74 Å². The molecule has 0 aromatic heterocycles. The van der Waals surface area contributed by atoms with Crippen molar-refractivity contribution >= 4 is 0 Å². The van der Waals surface area contributed by atoms with Crippen molar-refractivity contribution in [3.63, 3.8) is 0 Å². The summed E-state index contributed by atoms with van der Waals surface area (Å²) < 4.78 is 6.19. The average molecular weight is 238 g/mol. The molecule has 100 valence electrons. The van der Waals surface area contributed by atoms with Crippen LogP contribution in [0.3, 0.4) is 0 Å². The molecular weight excluding hydrogens is 208 g/mol. The fourth-order valence-corrected chi connectivity index (χ4v) is 1.99. The predicted octanol–water partition coefficient (Wildman–Crippen LogP) is 5.27. The van der Waals surface area contributed by atoms with Gasteiger partial charge in [0, 0.05) is 0 Å². The summed E-state index contributed by atoms with van der Waals surface area (Å²) in [6.07, 6.45) is 13.9. The highest BCUT2D eigenvalue weighted by Gasteiger charge is 2.14. The summed E-state index contributed by atoms with van der Waals surface area (Å²) in [4.78, 5) is 0. The molecule has 2 atom stereocenters. The van der Waals surface area contributed by atoms with E-state index in [0.29, 0.717) is 12.2 Å². The third kappa shape index (κ3) is 9.17. The maximum atomic E-state index is 6.19. The molecule has 0 aromatic rings. The van der Waals surface area contributed by atoms with Crippen LogP contribution in [0.1, 0.15) is 65.2 Å². The molecule has 0 heterocycles. The van der Waals surface area contributed by atoms with Crippen molar-refractivity contribution in [2.24, 2.45) is 0 Å². The Morgan fingerprint density at radius 2 is 1.29 bits per heavy atom. The lowest BCUT2D eigenvalue weighted by Gasteiger charge is -2.23. The van der Waals surface area contributed by atoms with Crippen molar-refractivity contribution in [3.05, 3.63) is 25.3 Å². The maximum Gasteiger partial charge on any atom is 0.0613 e. The molecule has 17 heavy (non-hydrogen) atoms. The van der Waals surface area contributed by atoms with Crippen molar-refractivity contribution in [1.82, 2.24) is 0 Å². The molecule has 0 N–H and O–H groups in total. The summed E-state index contributed by atoms with van der Waals surface area (Å²) in [5, 5.41) is 0. The number of ether oxygens (including phenoxy) is 1. The second kappa shape index (κ2) is 11.9. The van der Waals surface area contributed by atoms with E-state index in [2.05, 4.69) is 27.0 Å². The number of rotatable bonds is 12. The van der Waals surface area contributed by atoms with Crippen LogP contribution in [0.25, 0.3) is 0 Å². The van der Waals surface area contributed by atoms with Gasteiger partial charge in [-0.1, -0.05) is 51.7 Å². The van der Waals surface area contributed by atoms with Gasteiger partial charge in [0.1, 0.15) is 0 Å². The van der Waals surface area contributed by atoms with Gasteiger partial charge in [0.25, 0.3) is 0 Å². The van der Waals surface area contributed by atoms with Gasteiger partial charge in [0.15, 0.2) is 0 Å². The Balaban J connectivity index is 4.11. The zero-order valence-corrected chi connectivity index (χ0v) is 11.8. The SMILES string of the molecule is C=CCC(CCCC)OC(CC=C)CCCC. The molecule has 0 aliphatic carbocycles. The standard InChI is InChI=1S/C16H30O/c1-5-9-13-15(11-7-3)17-16(12-8-4)14-10-6-2/h7-8,15-16H,3-6,9-14H2,1-2H3. The lowest BCUT2D eigenvalue weighted by Crippen LogP contribution is -2.21. The van der Waals surface area contributed by atoms with Gasteiger partial charge in [-0.15, -0.1) is 13.2 Å². The Morgan fingerprint density at radius 3 is 1.59 bits per heavy atom. The van der Waals surface area contributed by atoms with Crippen LogP contribution in [0.2, 0.25) is 0 Å². The molecule has 0 aliphatic heterocycles. The molecule has 0 aliphatic rings. The largest absolute Gasteiger partial charge is 0.374 e. The summed E-state index contributed by atoms with van der Waals surface area (Å²) in [6.45, 7) is 12.1. The van der Waals surface area contributed by atoms with Gasteiger partial charge in [-0.25, -0.2) is 0 Å². The van der Waals surface area contributed by atoms with Gasteiger partial charge in [-0.2, -0.15) is 0 Å². The second-order valence-corrected chi connectivity index (χ2v) is 4.71. The van der Waals surface area contributed by atoms with E-state index in [9.17, 15) is 0 Å². The normalized spacial score (nSPS) is 14.2. The average Bonchev–Trinajstić information content (AvgIpc) is 2.33. The molecule has 0 spiro atoms. The first-order valence-electron chi connectivity index (χ1n) is 7.15. The molecule has 0 amide bonds. The fourth-order valence-electron chi connectivity index (χ4n) is 1.99. The van der Waals surface area contributed by atoms with E-state index in [1.54, 1.807) is 0 Å². The third-order valence-electron chi connectivity index (χ3n) is 3.00. The first kappa shape index (κ1) is 16.4. The fraction of sp³-hybridized carbons (Fsp3) is 0.750. The Bertz CT molecular complexity index is 166. The van der Waals surface area contributed by atoms with Crippen molar-refractivity contribution in [2.75, 3.05) is 0 Å². The number of unbranched alkanes of at least 4 members (excludes halogenated alkanes) is 2. The molecule has 1 heteroatoms. The molecule has 0 saturated heterocycles. The Kier molecular flexibility index (Phi) is 11.5. The topological polar surface area (TPSA) is 9.23 Å². The van der Waals surface area contributed by atoms with Gasteiger partial charge >= 0.3 is 0 Å². The van der Waals surface area contributed by atoms with Crippen molar-refractivity contribution in [2.45, 2.75) is 77.4 Å². The highest BCUT2D eigenvalue weighted by molar-refractivity contribution is 4.78. The predicted molar refractivity (Wildman–Crippen MR) is 77.3 cm³/mol. The Labute approximate surface area is 108 Å². The van der Waals surface area contributed by atoms with E-state index in [-0.39, 0.29) is 0 Å². The zero-order valence-electron chi connectivity index (χ0n) is 11.8. The quantitative estimate of drug-likeness (QED) is 0.421. The minimum absolute atomic E-state index is 0.356. The Morgan fingerprint density at radius 1 is 0.882 bits per heavy atom. The van der Waals surface area contributed by atoms with Gasteiger partial charge < -0.3 is 4.74 Å². The highest BCUT2D eigenvalue weighted by Crippen LogP contribution is 2.17. The van der Waals surface area contributed by atoms with Crippen LogP contribution in [0, 0.1) is 0 Å². The van der Waals surface area contributed by atoms with Crippen LogP contribution in [0.4, 0.5) is 0 Å². The van der Waals surface area contributed by atoms with Crippen LogP contribution in [-0.4, -0.2) is 12.2 Å². The molecule has 0 radical (unpaired) electrons. The van der Waals surface area contributed by atoms with Gasteiger partial charge in [-0.3, -0.25) is 0 Å². The summed E-state index contributed by atoms with van der Waals surface area (Å²) in [6, 6.07) is 0. The Hall–Kier alpha value is -0.560. The molecule has 0 fully saturated rings. The van der Waals surface area contributed by atoms with Crippen LogP contribution >= 0.6 is 0 Å². The monoisotopic (exact) mass is 238 g/mol. The van der Waals surface area contributed by atoms with Crippen LogP contribution in [-0.2, 0) is 4.74 Å². The summed E-state index contributed by atoms with van der Waals surface area (Å²) in [7, 11) is 0. The lowest BCUT2D eigenvalue weighted by molar-refractivity contribution is -0.0186. The molecule has 1 nitrogen and oxygen atoms in total. The molecule has 0 rings (SSSR count). The smallest absolute Gasteiger partial charge is 0.0613 e. The van der Waals surface area contributed by atoms with E-state index in [1.807, 2.05) is 12.2 Å². The van der Waals surface area contributed by atoms with E-state index in [1.165, 1.54) is 25.7 Å². The lowest BCUT2D eigenvalue weighted by atomic mass is 10.1. The summed E-state index contributed by atoms with van der Waals surface area (Å²) in [5.41, 5.74) is 0. The van der Waals surface area contributed by atoms with E-state index < -0.39 is 0 Å². The minimum Gasteiger partial charge on any atom is -0.374 e. The van der Waals surface area contributed by atoms with Crippen LogP contribution < -0.4 is 0 Å². The van der Waals surface area contributed by atoms with Crippen molar-refractivity contribution in [1.29, 1.82) is 0 Å². The van der Waals surface area contributed by atoms with E-state index >= 15 is 0 Å². The van der Waals surface area contributed by atoms with Crippen LogP contribution in [0.15, 0.2) is 25.3 Å². The second-order valence-electron chi connectivity index (χ2n) is 4.71. The first-order chi connectivity index (χ1) is 8.28. The molecule has 0 bridgehead atoms. The van der Waals surface area contributed by atoms with Crippen LogP contribution in [0.5, 0.6) is 0 Å².